The predicted molar refractivity (Wildman–Crippen MR) is 102 cm³/mol. The average molecular weight is 338 g/mol. The van der Waals surface area contributed by atoms with E-state index in [0.717, 1.165) is 30.3 Å². The maximum atomic E-state index is 12.3. The van der Waals surface area contributed by atoms with E-state index >= 15 is 0 Å². The number of rotatable bonds is 5. The van der Waals surface area contributed by atoms with E-state index in [1.807, 2.05) is 43.3 Å². The molecule has 1 heterocycles. The third kappa shape index (κ3) is 4.53. The van der Waals surface area contributed by atoms with Crippen LogP contribution < -0.4 is 15.0 Å². The lowest BCUT2D eigenvalue weighted by atomic mass is 10.2. The first-order valence-corrected chi connectivity index (χ1v) is 8.90. The highest BCUT2D eigenvalue weighted by atomic mass is 16.5. The number of hydrogen-bond donors (Lipinski definition) is 1. The van der Waals surface area contributed by atoms with Crippen LogP contribution in [0.3, 0.4) is 0 Å². The maximum Gasteiger partial charge on any atom is 0.265 e. The molecular formula is C21H26N2O2. The first-order valence-electron chi connectivity index (χ1n) is 8.90. The fraction of sp³-hybridized carbons (Fsp3) is 0.381. The van der Waals surface area contributed by atoms with Crippen molar-refractivity contribution in [3.05, 3.63) is 54.1 Å². The second-order valence-corrected chi connectivity index (χ2v) is 6.95. The minimum absolute atomic E-state index is 0.149. The smallest absolute Gasteiger partial charge is 0.265 e. The summed E-state index contributed by atoms with van der Waals surface area (Å²) in [5, 5.41) is 2.92. The highest BCUT2D eigenvalue weighted by molar-refractivity contribution is 5.94. The van der Waals surface area contributed by atoms with Gasteiger partial charge in [-0.25, -0.2) is 0 Å². The lowest BCUT2D eigenvalue weighted by molar-refractivity contribution is -0.122. The molecule has 1 aliphatic rings. The van der Waals surface area contributed by atoms with Gasteiger partial charge in [-0.05, 0) is 68.1 Å². The van der Waals surface area contributed by atoms with Crippen LogP contribution in [0.4, 0.5) is 11.4 Å². The van der Waals surface area contributed by atoms with Crippen molar-refractivity contribution in [1.29, 1.82) is 0 Å². The van der Waals surface area contributed by atoms with Gasteiger partial charge in [0.2, 0.25) is 0 Å². The standard InChI is InChI=1S/C21H26N2O2/c1-15-5-4-6-20(13-15)25-17(3)21(24)22-18-7-9-19(10-8-18)23-12-11-16(2)14-23/h4-10,13,16-17H,11-12,14H2,1-3H3,(H,22,24). The molecule has 0 bridgehead atoms. The minimum Gasteiger partial charge on any atom is -0.481 e. The number of amides is 1. The lowest BCUT2D eigenvalue weighted by Crippen LogP contribution is -2.30. The fourth-order valence-electron chi connectivity index (χ4n) is 3.12. The summed E-state index contributed by atoms with van der Waals surface area (Å²) in [6.45, 7) is 8.25. The van der Waals surface area contributed by atoms with E-state index in [1.165, 1.54) is 12.1 Å². The molecule has 2 atom stereocenters. The fourth-order valence-corrected chi connectivity index (χ4v) is 3.12. The summed E-state index contributed by atoms with van der Waals surface area (Å²) in [6, 6.07) is 15.8. The van der Waals surface area contributed by atoms with Crippen molar-refractivity contribution in [2.75, 3.05) is 23.3 Å². The van der Waals surface area contributed by atoms with Crippen LogP contribution in [0, 0.1) is 12.8 Å². The Kier molecular flexibility index (Phi) is 5.27. The van der Waals surface area contributed by atoms with Crippen molar-refractivity contribution in [2.45, 2.75) is 33.3 Å². The molecule has 2 unspecified atom stereocenters. The third-order valence-electron chi connectivity index (χ3n) is 4.60. The molecule has 1 N–H and O–H groups in total. The second-order valence-electron chi connectivity index (χ2n) is 6.95. The van der Waals surface area contributed by atoms with Crippen LogP contribution in [-0.4, -0.2) is 25.1 Å². The van der Waals surface area contributed by atoms with Crippen LogP contribution in [0.2, 0.25) is 0 Å². The van der Waals surface area contributed by atoms with Crippen LogP contribution >= 0.6 is 0 Å². The molecule has 4 nitrogen and oxygen atoms in total. The summed E-state index contributed by atoms with van der Waals surface area (Å²) in [6.07, 6.45) is 0.688. The molecule has 1 aliphatic heterocycles. The van der Waals surface area contributed by atoms with Gasteiger partial charge in [0.25, 0.3) is 5.91 Å². The summed E-state index contributed by atoms with van der Waals surface area (Å²) in [7, 11) is 0. The first-order chi connectivity index (χ1) is 12.0. The molecule has 0 radical (unpaired) electrons. The highest BCUT2D eigenvalue weighted by Gasteiger charge is 2.19. The van der Waals surface area contributed by atoms with Crippen molar-refractivity contribution in [3.63, 3.8) is 0 Å². The molecule has 1 fully saturated rings. The zero-order valence-electron chi connectivity index (χ0n) is 15.2. The van der Waals surface area contributed by atoms with E-state index in [9.17, 15) is 4.79 Å². The average Bonchev–Trinajstić information content (AvgIpc) is 3.02. The van der Waals surface area contributed by atoms with Crippen LogP contribution in [0.1, 0.15) is 25.8 Å². The Morgan fingerprint density at radius 2 is 2.00 bits per heavy atom. The van der Waals surface area contributed by atoms with Crippen LogP contribution in [-0.2, 0) is 4.79 Å². The maximum absolute atomic E-state index is 12.3. The number of nitrogens with one attached hydrogen (secondary N) is 1. The van der Waals surface area contributed by atoms with E-state index in [0.29, 0.717) is 5.75 Å². The molecule has 132 valence electrons. The van der Waals surface area contributed by atoms with Gasteiger partial charge in [-0.15, -0.1) is 0 Å². The molecule has 0 spiro atoms. The molecule has 4 heteroatoms. The van der Waals surface area contributed by atoms with Crippen LogP contribution in [0.25, 0.3) is 0 Å². The van der Waals surface area contributed by atoms with Gasteiger partial charge in [0, 0.05) is 24.5 Å². The Labute approximate surface area is 149 Å². The SMILES string of the molecule is Cc1cccc(OC(C)C(=O)Nc2ccc(N3CCC(C)C3)cc2)c1. The Morgan fingerprint density at radius 3 is 2.64 bits per heavy atom. The topological polar surface area (TPSA) is 41.6 Å². The van der Waals surface area contributed by atoms with Gasteiger partial charge in [0.1, 0.15) is 5.75 Å². The number of hydrogen-bond acceptors (Lipinski definition) is 3. The Balaban J connectivity index is 1.57. The zero-order valence-corrected chi connectivity index (χ0v) is 15.2. The van der Waals surface area contributed by atoms with Gasteiger partial charge in [-0.1, -0.05) is 19.1 Å². The number of anilines is 2. The number of ether oxygens (including phenoxy) is 1. The largest absolute Gasteiger partial charge is 0.481 e. The number of carbonyl (C=O) groups is 1. The van der Waals surface area contributed by atoms with Crippen molar-refractivity contribution in [3.8, 4) is 5.75 Å². The zero-order chi connectivity index (χ0) is 17.8. The Bertz CT molecular complexity index is 727. The van der Waals surface area contributed by atoms with Crippen molar-refractivity contribution >= 4 is 17.3 Å². The van der Waals surface area contributed by atoms with Gasteiger partial charge in [-0.2, -0.15) is 0 Å². The number of aryl methyl sites for hydroxylation is 1. The van der Waals surface area contributed by atoms with Crippen molar-refractivity contribution < 1.29 is 9.53 Å². The van der Waals surface area contributed by atoms with E-state index in [1.54, 1.807) is 6.92 Å². The monoisotopic (exact) mass is 338 g/mol. The molecule has 2 aromatic carbocycles. The lowest BCUT2D eigenvalue weighted by Gasteiger charge is -2.19. The molecule has 3 rings (SSSR count). The normalized spacial score (nSPS) is 18.0. The highest BCUT2D eigenvalue weighted by Crippen LogP contribution is 2.25. The summed E-state index contributed by atoms with van der Waals surface area (Å²) >= 11 is 0. The van der Waals surface area contributed by atoms with E-state index in [-0.39, 0.29) is 5.91 Å². The molecule has 2 aromatic rings. The van der Waals surface area contributed by atoms with Crippen molar-refractivity contribution in [2.24, 2.45) is 5.92 Å². The molecular weight excluding hydrogens is 312 g/mol. The molecule has 0 aromatic heterocycles. The van der Waals surface area contributed by atoms with Gasteiger partial charge in [-0.3, -0.25) is 4.79 Å². The van der Waals surface area contributed by atoms with Gasteiger partial charge >= 0.3 is 0 Å². The van der Waals surface area contributed by atoms with Crippen molar-refractivity contribution in [1.82, 2.24) is 0 Å². The van der Waals surface area contributed by atoms with E-state index < -0.39 is 6.10 Å². The van der Waals surface area contributed by atoms with Crippen LogP contribution in [0.15, 0.2) is 48.5 Å². The molecule has 25 heavy (non-hydrogen) atoms. The second kappa shape index (κ2) is 7.60. The summed E-state index contributed by atoms with van der Waals surface area (Å²) in [4.78, 5) is 14.7. The van der Waals surface area contributed by atoms with Crippen LogP contribution in [0.5, 0.6) is 5.75 Å². The summed E-state index contributed by atoms with van der Waals surface area (Å²) < 4.78 is 5.73. The number of carbonyl (C=O) groups excluding carboxylic acids is 1. The first kappa shape index (κ1) is 17.3. The molecule has 0 saturated carbocycles. The van der Waals surface area contributed by atoms with Gasteiger partial charge < -0.3 is 15.0 Å². The van der Waals surface area contributed by atoms with Gasteiger partial charge in [0.05, 0.1) is 0 Å². The van der Waals surface area contributed by atoms with E-state index in [4.69, 9.17) is 4.74 Å². The van der Waals surface area contributed by atoms with Gasteiger partial charge in [0.15, 0.2) is 6.10 Å². The quantitative estimate of drug-likeness (QED) is 0.886. The summed E-state index contributed by atoms with van der Waals surface area (Å²) in [5.74, 6) is 1.31. The Morgan fingerprint density at radius 1 is 1.24 bits per heavy atom. The molecule has 1 amide bonds. The Hall–Kier alpha value is -2.49. The minimum atomic E-state index is -0.555. The number of benzene rings is 2. The molecule has 0 aliphatic carbocycles. The molecule has 1 saturated heterocycles. The van der Waals surface area contributed by atoms with E-state index in [2.05, 4.69) is 29.3 Å². The third-order valence-corrected chi connectivity index (χ3v) is 4.60. The summed E-state index contributed by atoms with van der Waals surface area (Å²) in [5.41, 5.74) is 3.11. The predicted octanol–water partition coefficient (Wildman–Crippen LogP) is 4.25. The number of nitrogens with zero attached hydrogens (tertiary/aromatic N) is 1.